The van der Waals surface area contributed by atoms with Gasteiger partial charge in [0.25, 0.3) is 0 Å². The maximum absolute atomic E-state index is 13.1. The van der Waals surface area contributed by atoms with Crippen molar-refractivity contribution in [2.45, 2.75) is 12.2 Å². The van der Waals surface area contributed by atoms with Crippen LogP contribution >= 0.6 is 0 Å². The second-order valence-electron chi connectivity index (χ2n) is 3.51. The number of methoxy groups -OCH3 is 1. The third-order valence-corrected chi connectivity index (χ3v) is 3.83. The highest BCUT2D eigenvalue weighted by Gasteiger charge is 2.27. The molecule has 0 saturated heterocycles. The molecular weight excluding hydrogens is 265 g/mol. The van der Waals surface area contributed by atoms with Crippen molar-refractivity contribution >= 4 is 21.7 Å². The Bertz CT molecular complexity index is 557. The van der Waals surface area contributed by atoms with Gasteiger partial charge in [0.15, 0.2) is 5.25 Å². The van der Waals surface area contributed by atoms with Crippen molar-refractivity contribution in [1.82, 2.24) is 0 Å². The largest absolute Gasteiger partial charge is 0.497 e. The number of hydrogen-bond acceptors (Lipinski definition) is 4. The Labute approximate surface area is 103 Å². The van der Waals surface area contributed by atoms with Gasteiger partial charge in [0.05, 0.1) is 12.8 Å². The molecule has 100 valence electrons. The van der Waals surface area contributed by atoms with Crippen molar-refractivity contribution in [3.63, 3.8) is 0 Å². The number of carboxylic acid groups (broad SMARTS) is 1. The van der Waals surface area contributed by atoms with Crippen LogP contribution < -0.4 is 9.46 Å². The van der Waals surface area contributed by atoms with Crippen LogP contribution in [0, 0.1) is 5.82 Å². The standard InChI is InChI=1S/C10H12FNO5S/c1-6(10(13)14)18(15,16)12-8-3-7(11)4-9(5-8)17-2/h3-6,12H,1-2H3,(H,13,14). The molecule has 0 aliphatic heterocycles. The van der Waals surface area contributed by atoms with E-state index in [1.807, 2.05) is 4.72 Å². The molecule has 1 unspecified atom stereocenters. The van der Waals surface area contributed by atoms with Gasteiger partial charge in [-0.3, -0.25) is 9.52 Å². The van der Waals surface area contributed by atoms with Crippen molar-refractivity contribution in [2.75, 3.05) is 11.8 Å². The molecule has 0 amide bonds. The molecule has 1 aromatic carbocycles. The van der Waals surface area contributed by atoms with Crippen molar-refractivity contribution in [3.05, 3.63) is 24.0 Å². The Morgan fingerprint density at radius 3 is 2.56 bits per heavy atom. The van der Waals surface area contributed by atoms with Crippen LogP contribution in [0.25, 0.3) is 0 Å². The summed E-state index contributed by atoms with van der Waals surface area (Å²) in [6.45, 7) is 1.02. The monoisotopic (exact) mass is 277 g/mol. The van der Waals surface area contributed by atoms with E-state index in [1.54, 1.807) is 0 Å². The van der Waals surface area contributed by atoms with Crippen molar-refractivity contribution in [3.8, 4) is 5.75 Å². The predicted molar refractivity (Wildman–Crippen MR) is 62.6 cm³/mol. The van der Waals surface area contributed by atoms with Gasteiger partial charge in [-0.1, -0.05) is 0 Å². The second kappa shape index (κ2) is 5.21. The topological polar surface area (TPSA) is 92.7 Å². The number of aliphatic carboxylic acids is 1. The third kappa shape index (κ3) is 3.33. The van der Waals surface area contributed by atoms with E-state index in [1.165, 1.54) is 13.2 Å². The fourth-order valence-electron chi connectivity index (χ4n) is 1.12. The highest BCUT2D eigenvalue weighted by molar-refractivity contribution is 7.94. The summed E-state index contributed by atoms with van der Waals surface area (Å²) in [5.41, 5.74) is -0.0973. The number of ether oxygens (including phenoxy) is 1. The molecule has 0 saturated carbocycles. The number of benzene rings is 1. The van der Waals surface area contributed by atoms with Crippen LogP contribution in [0.15, 0.2) is 18.2 Å². The number of halogens is 1. The summed E-state index contributed by atoms with van der Waals surface area (Å²) in [6, 6.07) is 3.24. The molecule has 0 bridgehead atoms. The van der Waals surface area contributed by atoms with Gasteiger partial charge in [-0.15, -0.1) is 0 Å². The zero-order valence-corrected chi connectivity index (χ0v) is 10.5. The van der Waals surface area contributed by atoms with Crippen LogP contribution in [0.5, 0.6) is 5.75 Å². The molecule has 0 spiro atoms. The van der Waals surface area contributed by atoms with E-state index in [0.29, 0.717) is 0 Å². The van der Waals surface area contributed by atoms with Crippen LogP contribution in [0.3, 0.4) is 0 Å². The molecule has 0 aromatic heterocycles. The van der Waals surface area contributed by atoms with Crippen LogP contribution in [0.4, 0.5) is 10.1 Å². The first-order chi connectivity index (χ1) is 8.26. The van der Waals surface area contributed by atoms with Gasteiger partial charge in [-0.05, 0) is 13.0 Å². The summed E-state index contributed by atoms with van der Waals surface area (Å²) in [5.74, 6) is -2.07. The summed E-state index contributed by atoms with van der Waals surface area (Å²) in [4.78, 5) is 10.6. The average Bonchev–Trinajstić information content (AvgIpc) is 2.26. The average molecular weight is 277 g/mol. The fourth-order valence-corrected chi connectivity index (χ4v) is 2.01. The number of rotatable bonds is 5. The third-order valence-electron chi connectivity index (χ3n) is 2.18. The van der Waals surface area contributed by atoms with Crippen molar-refractivity contribution < 1.29 is 27.4 Å². The van der Waals surface area contributed by atoms with Gasteiger partial charge < -0.3 is 9.84 Å². The zero-order chi connectivity index (χ0) is 13.9. The van der Waals surface area contributed by atoms with Crippen LogP contribution in [0.2, 0.25) is 0 Å². The minimum absolute atomic E-state index is 0.0973. The lowest BCUT2D eigenvalue weighted by Gasteiger charge is -2.12. The van der Waals surface area contributed by atoms with Crippen molar-refractivity contribution in [2.24, 2.45) is 0 Å². The fraction of sp³-hybridized carbons (Fsp3) is 0.300. The molecule has 0 radical (unpaired) electrons. The number of hydrogen-bond donors (Lipinski definition) is 2. The van der Waals surface area contributed by atoms with E-state index >= 15 is 0 Å². The molecule has 1 rings (SSSR count). The minimum Gasteiger partial charge on any atom is -0.497 e. The van der Waals surface area contributed by atoms with E-state index in [9.17, 15) is 17.6 Å². The first-order valence-electron chi connectivity index (χ1n) is 4.85. The normalized spacial score (nSPS) is 12.8. The molecule has 0 heterocycles. The molecule has 1 atom stereocenters. The van der Waals surface area contributed by atoms with Gasteiger partial charge in [-0.2, -0.15) is 0 Å². The number of carbonyl (C=O) groups is 1. The summed E-state index contributed by atoms with van der Waals surface area (Å²) in [7, 11) is -2.83. The Morgan fingerprint density at radius 1 is 1.44 bits per heavy atom. The Balaban J connectivity index is 3.04. The van der Waals surface area contributed by atoms with E-state index in [4.69, 9.17) is 9.84 Å². The lowest BCUT2D eigenvalue weighted by atomic mass is 10.3. The van der Waals surface area contributed by atoms with Gasteiger partial charge in [0.2, 0.25) is 10.0 Å². The van der Waals surface area contributed by atoms with Crippen LogP contribution in [-0.4, -0.2) is 31.9 Å². The number of carboxylic acids is 1. The van der Waals surface area contributed by atoms with Crippen LogP contribution in [-0.2, 0) is 14.8 Å². The van der Waals surface area contributed by atoms with E-state index < -0.39 is 27.1 Å². The molecule has 0 fully saturated rings. The van der Waals surface area contributed by atoms with Crippen molar-refractivity contribution in [1.29, 1.82) is 0 Å². The maximum Gasteiger partial charge on any atom is 0.323 e. The highest BCUT2D eigenvalue weighted by atomic mass is 32.2. The number of anilines is 1. The lowest BCUT2D eigenvalue weighted by molar-refractivity contribution is -0.136. The maximum atomic E-state index is 13.1. The smallest absolute Gasteiger partial charge is 0.323 e. The van der Waals surface area contributed by atoms with Gasteiger partial charge >= 0.3 is 5.97 Å². The second-order valence-corrected chi connectivity index (χ2v) is 5.51. The van der Waals surface area contributed by atoms with Crippen LogP contribution in [0.1, 0.15) is 6.92 Å². The minimum atomic E-state index is -4.13. The summed E-state index contributed by atoms with van der Waals surface area (Å²) in [5, 5.41) is 6.99. The van der Waals surface area contributed by atoms with E-state index in [-0.39, 0.29) is 11.4 Å². The zero-order valence-electron chi connectivity index (χ0n) is 9.68. The predicted octanol–water partition coefficient (Wildman–Crippen LogP) is 1.05. The lowest BCUT2D eigenvalue weighted by Crippen LogP contribution is -2.32. The van der Waals surface area contributed by atoms with Gasteiger partial charge in [0.1, 0.15) is 11.6 Å². The van der Waals surface area contributed by atoms with E-state index in [2.05, 4.69) is 0 Å². The molecule has 18 heavy (non-hydrogen) atoms. The molecule has 1 aromatic rings. The van der Waals surface area contributed by atoms with Gasteiger partial charge in [0, 0.05) is 12.1 Å². The molecule has 0 aliphatic rings. The summed E-state index contributed by atoms with van der Waals surface area (Å²) < 4.78 is 43.1. The number of sulfonamides is 1. The molecule has 2 N–H and O–H groups in total. The van der Waals surface area contributed by atoms with Gasteiger partial charge in [-0.25, -0.2) is 12.8 Å². The Hall–Kier alpha value is -1.83. The SMILES string of the molecule is COc1cc(F)cc(NS(=O)(=O)C(C)C(=O)O)c1. The quantitative estimate of drug-likeness (QED) is 0.839. The molecular formula is C10H12FNO5S. The summed E-state index contributed by atoms with van der Waals surface area (Å²) >= 11 is 0. The number of nitrogens with one attached hydrogen (secondary N) is 1. The summed E-state index contributed by atoms with van der Waals surface area (Å²) in [6.07, 6.45) is 0. The highest BCUT2D eigenvalue weighted by Crippen LogP contribution is 2.21. The molecule has 0 aliphatic carbocycles. The first-order valence-corrected chi connectivity index (χ1v) is 6.40. The Morgan fingerprint density at radius 2 is 2.06 bits per heavy atom. The first kappa shape index (κ1) is 14.2. The van der Waals surface area contributed by atoms with E-state index in [0.717, 1.165) is 19.1 Å². The molecule has 6 nitrogen and oxygen atoms in total. The molecule has 8 heteroatoms. The Kier molecular flexibility index (Phi) is 4.12.